The Morgan fingerprint density at radius 2 is 2.25 bits per heavy atom. The average molecular weight is 307 g/mol. The Hall–Kier alpha value is -1.92. The summed E-state index contributed by atoms with van der Waals surface area (Å²) in [5, 5.41) is 13.4. The van der Waals surface area contributed by atoms with Crippen LogP contribution in [0.3, 0.4) is 0 Å². The Bertz CT molecular complexity index is 641. The van der Waals surface area contributed by atoms with Crippen LogP contribution in [0.2, 0.25) is 0 Å². The number of rotatable bonds is 5. The minimum Gasteiger partial charge on any atom is -0.478 e. The first-order valence-electron chi connectivity index (χ1n) is 5.88. The lowest BCUT2D eigenvalue weighted by Crippen LogP contribution is -2.21. The number of hydrogen-bond donors (Lipinski definition) is 2. The Morgan fingerprint density at radius 1 is 1.45 bits per heavy atom. The van der Waals surface area contributed by atoms with Crippen molar-refractivity contribution in [2.75, 3.05) is 0 Å². The molecule has 0 radical (unpaired) electrons. The van der Waals surface area contributed by atoms with Gasteiger partial charge in [0.25, 0.3) is 5.91 Å². The average Bonchev–Trinajstić information content (AvgIpc) is 3.03. The van der Waals surface area contributed by atoms with Crippen molar-refractivity contribution in [2.45, 2.75) is 13.5 Å². The van der Waals surface area contributed by atoms with Gasteiger partial charge in [-0.05, 0) is 36.1 Å². The molecular formula is C14H13NO3S2. The highest BCUT2D eigenvalue weighted by molar-refractivity contribution is 7.15. The van der Waals surface area contributed by atoms with Crippen molar-refractivity contribution in [3.63, 3.8) is 0 Å². The van der Waals surface area contributed by atoms with Gasteiger partial charge in [0.1, 0.15) is 0 Å². The maximum Gasteiger partial charge on any atom is 0.328 e. The van der Waals surface area contributed by atoms with Crippen molar-refractivity contribution in [3.05, 3.63) is 49.9 Å². The van der Waals surface area contributed by atoms with E-state index in [2.05, 4.69) is 5.32 Å². The molecule has 104 valence electrons. The molecule has 0 aliphatic carbocycles. The fourth-order valence-electron chi connectivity index (χ4n) is 1.59. The number of thiophene rings is 2. The van der Waals surface area contributed by atoms with Crippen LogP contribution in [0.25, 0.3) is 6.08 Å². The molecule has 6 heteroatoms. The number of carboxylic acid groups (broad SMARTS) is 1. The van der Waals surface area contributed by atoms with Crippen LogP contribution >= 0.6 is 22.7 Å². The van der Waals surface area contributed by atoms with Gasteiger partial charge in [-0.3, -0.25) is 4.79 Å². The van der Waals surface area contributed by atoms with Crippen molar-refractivity contribution >= 4 is 40.6 Å². The van der Waals surface area contributed by atoms with Gasteiger partial charge < -0.3 is 10.4 Å². The normalized spacial score (nSPS) is 10.8. The number of amides is 1. The van der Waals surface area contributed by atoms with Crippen molar-refractivity contribution in [1.82, 2.24) is 5.32 Å². The molecule has 0 aromatic carbocycles. The molecule has 0 aliphatic heterocycles. The number of carbonyl (C=O) groups excluding carboxylic acids is 1. The Kier molecular flexibility index (Phi) is 4.70. The van der Waals surface area contributed by atoms with E-state index in [1.807, 2.05) is 24.4 Å². The van der Waals surface area contributed by atoms with E-state index >= 15 is 0 Å². The molecule has 20 heavy (non-hydrogen) atoms. The molecule has 0 fully saturated rings. The number of aryl methyl sites for hydroxylation is 1. The van der Waals surface area contributed by atoms with Gasteiger partial charge in [-0.1, -0.05) is 6.07 Å². The molecule has 0 aliphatic rings. The molecule has 2 rings (SSSR count). The second-order valence-electron chi connectivity index (χ2n) is 4.09. The van der Waals surface area contributed by atoms with Gasteiger partial charge in [-0.2, -0.15) is 0 Å². The summed E-state index contributed by atoms with van der Waals surface area (Å²) in [7, 11) is 0. The second-order valence-corrected chi connectivity index (χ2v) is 6.21. The summed E-state index contributed by atoms with van der Waals surface area (Å²) in [6.45, 7) is 2.36. The first kappa shape index (κ1) is 14.5. The first-order valence-corrected chi connectivity index (χ1v) is 7.58. The summed E-state index contributed by atoms with van der Waals surface area (Å²) in [5.41, 5.74) is 0.897. The van der Waals surface area contributed by atoms with Crippen molar-refractivity contribution < 1.29 is 14.7 Å². The minimum atomic E-state index is -0.999. The first-order chi connectivity index (χ1) is 9.56. The number of nitrogens with one attached hydrogen (secondary N) is 1. The molecule has 2 aromatic rings. The Labute approximate surface area is 124 Å². The van der Waals surface area contributed by atoms with Crippen LogP contribution in [0.15, 0.2) is 29.7 Å². The molecular weight excluding hydrogens is 294 g/mol. The van der Waals surface area contributed by atoms with Crippen LogP contribution in [0.4, 0.5) is 0 Å². The summed E-state index contributed by atoms with van der Waals surface area (Å²) in [6.07, 6.45) is 2.59. The molecule has 2 heterocycles. The quantitative estimate of drug-likeness (QED) is 0.834. The number of aliphatic carboxylic acids is 1. The zero-order valence-corrected chi connectivity index (χ0v) is 12.4. The lowest BCUT2D eigenvalue weighted by atomic mass is 10.2. The lowest BCUT2D eigenvalue weighted by Gasteiger charge is -2.00. The molecule has 0 atom stereocenters. The van der Waals surface area contributed by atoms with Crippen molar-refractivity contribution in [3.8, 4) is 0 Å². The Morgan fingerprint density at radius 3 is 2.90 bits per heavy atom. The molecule has 2 N–H and O–H groups in total. The van der Waals surface area contributed by atoms with Crippen LogP contribution in [0.1, 0.15) is 25.0 Å². The lowest BCUT2D eigenvalue weighted by molar-refractivity contribution is -0.131. The molecule has 0 saturated carbocycles. The molecule has 2 aromatic heterocycles. The zero-order valence-electron chi connectivity index (χ0n) is 10.8. The van der Waals surface area contributed by atoms with Crippen LogP contribution in [-0.2, 0) is 11.3 Å². The van der Waals surface area contributed by atoms with Gasteiger partial charge in [-0.25, -0.2) is 4.79 Å². The third kappa shape index (κ3) is 3.79. The molecule has 1 amide bonds. The summed E-state index contributed by atoms with van der Waals surface area (Å²) in [4.78, 5) is 25.0. The number of carboxylic acids is 1. The van der Waals surface area contributed by atoms with Gasteiger partial charge in [0.15, 0.2) is 0 Å². The van der Waals surface area contributed by atoms with Gasteiger partial charge in [0, 0.05) is 15.8 Å². The summed E-state index contributed by atoms with van der Waals surface area (Å²) in [6, 6.07) is 5.68. The largest absolute Gasteiger partial charge is 0.478 e. The van der Waals surface area contributed by atoms with Crippen LogP contribution in [-0.4, -0.2) is 17.0 Å². The third-order valence-electron chi connectivity index (χ3n) is 2.56. The topological polar surface area (TPSA) is 66.4 Å². The summed E-state index contributed by atoms with van der Waals surface area (Å²) in [5.74, 6) is -1.14. The maximum atomic E-state index is 12.0. The van der Waals surface area contributed by atoms with Crippen molar-refractivity contribution in [2.24, 2.45) is 0 Å². The predicted octanol–water partition coefficient (Wildman–Crippen LogP) is 3.15. The van der Waals surface area contributed by atoms with E-state index in [9.17, 15) is 9.59 Å². The van der Waals surface area contributed by atoms with Crippen molar-refractivity contribution in [1.29, 1.82) is 0 Å². The highest BCUT2D eigenvalue weighted by atomic mass is 32.1. The SMILES string of the molecule is Cc1cc(C(=O)NCc2cccs2)sc1/C=C/C(=O)O. The van der Waals surface area contributed by atoms with E-state index in [1.54, 1.807) is 17.4 Å². The van der Waals surface area contributed by atoms with Crippen LogP contribution < -0.4 is 5.32 Å². The Balaban J connectivity index is 2.03. The second kappa shape index (κ2) is 6.49. The molecule has 0 spiro atoms. The molecule has 4 nitrogen and oxygen atoms in total. The van der Waals surface area contributed by atoms with Gasteiger partial charge in [0.05, 0.1) is 11.4 Å². The fourth-order valence-corrected chi connectivity index (χ4v) is 3.23. The highest BCUT2D eigenvalue weighted by Crippen LogP contribution is 2.23. The summed E-state index contributed by atoms with van der Waals surface area (Å²) >= 11 is 2.88. The van der Waals surface area contributed by atoms with E-state index in [0.717, 1.165) is 21.4 Å². The molecule has 0 saturated heterocycles. The smallest absolute Gasteiger partial charge is 0.328 e. The molecule has 0 unspecified atom stereocenters. The zero-order chi connectivity index (χ0) is 14.5. The van der Waals surface area contributed by atoms with Gasteiger partial charge >= 0.3 is 5.97 Å². The van der Waals surface area contributed by atoms with Gasteiger partial charge in [0.2, 0.25) is 0 Å². The third-order valence-corrected chi connectivity index (χ3v) is 4.64. The minimum absolute atomic E-state index is 0.138. The van der Waals surface area contributed by atoms with Crippen LogP contribution in [0, 0.1) is 6.92 Å². The fraction of sp³-hybridized carbons (Fsp3) is 0.143. The highest BCUT2D eigenvalue weighted by Gasteiger charge is 2.11. The van der Waals surface area contributed by atoms with Gasteiger partial charge in [-0.15, -0.1) is 22.7 Å². The predicted molar refractivity (Wildman–Crippen MR) is 81.2 cm³/mol. The number of carbonyl (C=O) groups is 2. The van der Waals surface area contributed by atoms with E-state index in [1.165, 1.54) is 17.4 Å². The maximum absolute atomic E-state index is 12.0. The van der Waals surface area contributed by atoms with E-state index in [4.69, 9.17) is 5.11 Å². The monoisotopic (exact) mass is 307 g/mol. The van der Waals surface area contributed by atoms with Crippen LogP contribution in [0.5, 0.6) is 0 Å². The van der Waals surface area contributed by atoms with E-state index in [-0.39, 0.29) is 5.91 Å². The van der Waals surface area contributed by atoms with E-state index < -0.39 is 5.97 Å². The summed E-state index contributed by atoms with van der Waals surface area (Å²) < 4.78 is 0. The standard InChI is InChI=1S/C14H13NO3S2/c1-9-7-12(20-11(9)4-5-13(16)17)14(18)15-8-10-3-2-6-19-10/h2-7H,8H2,1H3,(H,15,18)(H,16,17)/b5-4+. The number of hydrogen-bond acceptors (Lipinski definition) is 4. The van der Waals surface area contributed by atoms with E-state index in [0.29, 0.717) is 11.4 Å². The molecule has 0 bridgehead atoms.